The number of rotatable bonds is 5. The Morgan fingerprint density at radius 3 is 2.67 bits per heavy atom. The summed E-state index contributed by atoms with van der Waals surface area (Å²) in [5, 5.41) is 1.06. The summed E-state index contributed by atoms with van der Waals surface area (Å²) in [5.41, 5.74) is 1.97. The van der Waals surface area contributed by atoms with Crippen molar-refractivity contribution in [2.24, 2.45) is 0 Å². The summed E-state index contributed by atoms with van der Waals surface area (Å²) in [7, 11) is -3.49. The Labute approximate surface area is 143 Å². The molecule has 0 aliphatic carbocycles. The summed E-state index contributed by atoms with van der Waals surface area (Å²) in [6.45, 7) is 4.89. The van der Waals surface area contributed by atoms with Crippen LogP contribution in [0.25, 0.3) is 10.9 Å². The van der Waals surface area contributed by atoms with Crippen molar-refractivity contribution in [3.05, 3.63) is 42.1 Å². The number of pyridine rings is 1. The molecule has 1 aromatic heterocycles. The Hall–Kier alpha value is -1.54. The van der Waals surface area contributed by atoms with Gasteiger partial charge in [-0.3, -0.25) is 4.98 Å². The second-order valence-electron chi connectivity index (χ2n) is 6.22. The van der Waals surface area contributed by atoms with Crippen molar-refractivity contribution in [1.29, 1.82) is 0 Å². The number of fused-ring (bicyclic) bond motifs is 1. The molecular formula is C17H23N3O3S. The van der Waals surface area contributed by atoms with Crippen LogP contribution >= 0.6 is 0 Å². The molecule has 1 N–H and O–H groups in total. The Bertz CT molecular complexity index is 794. The van der Waals surface area contributed by atoms with Crippen molar-refractivity contribution in [3.63, 3.8) is 0 Å². The minimum atomic E-state index is -3.49. The zero-order chi connectivity index (χ0) is 17.2. The Morgan fingerprint density at radius 2 is 1.92 bits per heavy atom. The largest absolute Gasteiger partial charge is 0.373 e. The third-order valence-electron chi connectivity index (χ3n) is 4.12. The predicted octanol–water partition coefficient (Wildman–Crippen LogP) is 1.72. The number of hydrogen-bond donors (Lipinski definition) is 1. The monoisotopic (exact) mass is 349 g/mol. The van der Waals surface area contributed by atoms with E-state index in [1.807, 2.05) is 44.2 Å². The standard InChI is InChI=1S/C17H23N3O3S/c1-13-11-20(12-14(2)23-13)24(21,22)19-10-8-16-6-3-5-15-7-4-9-18-17(15)16/h3-7,9,13-14,19H,8,10-12H2,1-2H3/t13-,14+. The van der Waals surface area contributed by atoms with E-state index < -0.39 is 10.2 Å². The van der Waals surface area contributed by atoms with E-state index >= 15 is 0 Å². The molecule has 2 heterocycles. The third-order valence-corrected chi connectivity index (χ3v) is 5.67. The van der Waals surface area contributed by atoms with Gasteiger partial charge in [-0.2, -0.15) is 12.7 Å². The van der Waals surface area contributed by atoms with Crippen molar-refractivity contribution >= 4 is 21.1 Å². The SMILES string of the molecule is C[C@@H]1CN(S(=O)(=O)NCCc2cccc3cccnc23)C[C@H](C)O1. The van der Waals surface area contributed by atoms with E-state index in [2.05, 4.69) is 9.71 Å². The lowest BCUT2D eigenvalue weighted by atomic mass is 10.1. The van der Waals surface area contributed by atoms with E-state index in [1.54, 1.807) is 6.20 Å². The van der Waals surface area contributed by atoms with Crippen LogP contribution in [0.3, 0.4) is 0 Å². The lowest BCUT2D eigenvalue weighted by molar-refractivity contribution is -0.0443. The van der Waals surface area contributed by atoms with Crippen LogP contribution < -0.4 is 4.72 Å². The van der Waals surface area contributed by atoms with Crippen LogP contribution in [-0.2, 0) is 21.4 Å². The second kappa shape index (κ2) is 7.14. The van der Waals surface area contributed by atoms with Gasteiger partial charge in [0.25, 0.3) is 10.2 Å². The highest BCUT2D eigenvalue weighted by molar-refractivity contribution is 7.87. The van der Waals surface area contributed by atoms with Crippen molar-refractivity contribution in [2.75, 3.05) is 19.6 Å². The smallest absolute Gasteiger partial charge is 0.279 e. The first-order valence-corrected chi connectivity index (χ1v) is 9.62. The first kappa shape index (κ1) is 17.3. The molecule has 1 saturated heterocycles. The molecule has 2 aromatic rings. The van der Waals surface area contributed by atoms with Gasteiger partial charge in [0.2, 0.25) is 0 Å². The highest BCUT2D eigenvalue weighted by Crippen LogP contribution is 2.17. The molecule has 1 fully saturated rings. The number of morpholine rings is 1. The van der Waals surface area contributed by atoms with Crippen molar-refractivity contribution in [3.8, 4) is 0 Å². The fourth-order valence-electron chi connectivity index (χ4n) is 3.10. The van der Waals surface area contributed by atoms with Crippen LogP contribution in [0.4, 0.5) is 0 Å². The Kier molecular flexibility index (Phi) is 5.15. The third kappa shape index (κ3) is 3.92. The molecular weight excluding hydrogens is 326 g/mol. The average molecular weight is 349 g/mol. The maximum absolute atomic E-state index is 12.5. The summed E-state index contributed by atoms with van der Waals surface area (Å²) in [6.07, 6.45) is 2.18. The molecule has 2 atom stereocenters. The lowest BCUT2D eigenvalue weighted by Gasteiger charge is -2.34. The molecule has 0 unspecified atom stereocenters. The zero-order valence-corrected chi connectivity index (χ0v) is 14.8. The topological polar surface area (TPSA) is 71.5 Å². The molecule has 0 amide bonds. The van der Waals surface area contributed by atoms with Crippen LogP contribution in [0.15, 0.2) is 36.5 Å². The zero-order valence-electron chi connectivity index (χ0n) is 14.0. The number of benzene rings is 1. The van der Waals surface area contributed by atoms with Gasteiger partial charge in [0.15, 0.2) is 0 Å². The molecule has 0 spiro atoms. The number of nitrogens with one attached hydrogen (secondary N) is 1. The van der Waals surface area contributed by atoms with Crippen LogP contribution in [-0.4, -0.2) is 49.5 Å². The Morgan fingerprint density at radius 1 is 1.21 bits per heavy atom. The fourth-order valence-corrected chi connectivity index (χ4v) is 4.46. The molecule has 130 valence electrons. The van der Waals surface area contributed by atoms with Crippen LogP contribution in [0.1, 0.15) is 19.4 Å². The molecule has 24 heavy (non-hydrogen) atoms. The maximum Gasteiger partial charge on any atom is 0.279 e. The predicted molar refractivity (Wildman–Crippen MR) is 94.0 cm³/mol. The van der Waals surface area contributed by atoms with E-state index in [9.17, 15) is 8.42 Å². The molecule has 7 heteroatoms. The van der Waals surface area contributed by atoms with Crippen molar-refractivity contribution < 1.29 is 13.2 Å². The van der Waals surface area contributed by atoms with E-state index in [1.165, 1.54) is 4.31 Å². The van der Waals surface area contributed by atoms with Crippen LogP contribution in [0.2, 0.25) is 0 Å². The lowest BCUT2D eigenvalue weighted by Crippen LogP contribution is -2.52. The van der Waals surface area contributed by atoms with Gasteiger partial charge >= 0.3 is 0 Å². The first-order chi connectivity index (χ1) is 11.5. The highest BCUT2D eigenvalue weighted by atomic mass is 32.2. The van der Waals surface area contributed by atoms with E-state index in [0.717, 1.165) is 16.5 Å². The molecule has 1 aliphatic heterocycles. The van der Waals surface area contributed by atoms with Gasteiger partial charge in [-0.1, -0.05) is 24.3 Å². The number of hydrogen-bond acceptors (Lipinski definition) is 4. The quantitative estimate of drug-likeness (QED) is 0.892. The molecule has 3 rings (SSSR count). The number of aromatic nitrogens is 1. The minimum Gasteiger partial charge on any atom is -0.373 e. The van der Waals surface area contributed by atoms with E-state index in [0.29, 0.717) is 26.1 Å². The summed E-state index contributed by atoms with van der Waals surface area (Å²) in [6, 6.07) is 9.87. The minimum absolute atomic E-state index is 0.0902. The average Bonchev–Trinajstić information content (AvgIpc) is 2.54. The van der Waals surface area contributed by atoms with E-state index in [4.69, 9.17) is 4.74 Å². The first-order valence-electron chi connectivity index (χ1n) is 8.18. The number of para-hydroxylation sites is 1. The Balaban J connectivity index is 1.65. The summed E-state index contributed by atoms with van der Waals surface area (Å²) >= 11 is 0. The molecule has 6 nitrogen and oxygen atoms in total. The van der Waals surface area contributed by atoms with Gasteiger partial charge in [-0.25, -0.2) is 4.72 Å². The van der Waals surface area contributed by atoms with Crippen molar-refractivity contribution in [1.82, 2.24) is 14.0 Å². The maximum atomic E-state index is 12.5. The molecule has 0 bridgehead atoms. The fraction of sp³-hybridized carbons (Fsp3) is 0.471. The normalized spacial score (nSPS) is 22.8. The van der Waals surface area contributed by atoms with Crippen LogP contribution in [0, 0.1) is 0 Å². The van der Waals surface area contributed by atoms with Crippen molar-refractivity contribution in [2.45, 2.75) is 32.5 Å². The van der Waals surface area contributed by atoms with Gasteiger partial charge in [0.1, 0.15) is 0 Å². The van der Waals surface area contributed by atoms with Crippen LogP contribution in [0.5, 0.6) is 0 Å². The van der Waals surface area contributed by atoms with Gasteiger partial charge in [0, 0.05) is 31.2 Å². The summed E-state index contributed by atoms with van der Waals surface area (Å²) in [5.74, 6) is 0. The van der Waals surface area contributed by atoms with Gasteiger partial charge in [-0.05, 0) is 31.9 Å². The van der Waals surface area contributed by atoms with Gasteiger partial charge in [0.05, 0.1) is 17.7 Å². The highest BCUT2D eigenvalue weighted by Gasteiger charge is 2.30. The molecule has 0 saturated carbocycles. The molecule has 1 aromatic carbocycles. The van der Waals surface area contributed by atoms with E-state index in [-0.39, 0.29) is 12.2 Å². The molecule has 0 radical (unpaired) electrons. The second-order valence-corrected chi connectivity index (χ2v) is 7.97. The van der Waals surface area contributed by atoms with Gasteiger partial charge in [-0.15, -0.1) is 0 Å². The summed E-state index contributed by atoms with van der Waals surface area (Å²) < 4.78 is 34.7. The van der Waals surface area contributed by atoms with Gasteiger partial charge < -0.3 is 4.74 Å². The molecule has 1 aliphatic rings. The summed E-state index contributed by atoms with van der Waals surface area (Å²) in [4.78, 5) is 4.40. The number of ether oxygens (including phenoxy) is 1. The number of nitrogens with zero attached hydrogens (tertiary/aromatic N) is 2.